The molecular weight excluding hydrogens is 288 g/mol. The Morgan fingerprint density at radius 1 is 1.04 bits per heavy atom. The topological polar surface area (TPSA) is 58.1 Å². The molecule has 23 heavy (non-hydrogen) atoms. The molecular formula is C18H22N4O. The Morgan fingerprint density at radius 2 is 1.74 bits per heavy atom. The van der Waals surface area contributed by atoms with Gasteiger partial charge in [0.25, 0.3) is 5.91 Å². The van der Waals surface area contributed by atoms with Crippen molar-refractivity contribution in [3.05, 3.63) is 53.9 Å². The maximum absolute atomic E-state index is 12.3. The summed E-state index contributed by atoms with van der Waals surface area (Å²) < 4.78 is 0. The molecule has 1 aromatic carbocycles. The molecule has 0 unspecified atom stereocenters. The van der Waals surface area contributed by atoms with E-state index in [0.717, 1.165) is 38.9 Å². The number of amides is 1. The zero-order valence-electron chi connectivity index (χ0n) is 13.2. The molecule has 5 nitrogen and oxygen atoms in total. The van der Waals surface area contributed by atoms with E-state index in [1.54, 1.807) is 12.4 Å². The summed E-state index contributed by atoms with van der Waals surface area (Å²) in [6.45, 7) is 2.45. The van der Waals surface area contributed by atoms with Gasteiger partial charge in [0.1, 0.15) is 0 Å². The third kappa shape index (κ3) is 4.28. The van der Waals surface area contributed by atoms with E-state index in [0.29, 0.717) is 11.5 Å². The lowest BCUT2D eigenvalue weighted by atomic mass is 10.1. The van der Waals surface area contributed by atoms with Crippen molar-refractivity contribution in [2.24, 2.45) is 0 Å². The third-order valence-corrected chi connectivity index (χ3v) is 4.08. The number of piperidine rings is 1. The fraction of sp³-hybridized carbons (Fsp3) is 0.389. The number of rotatable bonds is 5. The molecule has 1 aromatic heterocycles. The lowest BCUT2D eigenvalue weighted by molar-refractivity contribution is 0.0723. The van der Waals surface area contributed by atoms with Gasteiger partial charge < -0.3 is 10.2 Å². The van der Waals surface area contributed by atoms with Crippen LogP contribution in [0.2, 0.25) is 0 Å². The van der Waals surface area contributed by atoms with Crippen LogP contribution in [-0.4, -0.2) is 40.4 Å². The summed E-state index contributed by atoms with van der Waals surface area (Å²) in [6.07, 6.45) is 7.55. The van der Waals surface area contributed by atoms with Crippen molar-refractivity contribution < 1.29 is 4.79 Å². The van der Waals surface area contributed by atoms with E-state index < -0.39 is 0 Å². The van der Waals surface area contributed by atoms with E-state index in [1.807, 2.05) is 23.1 Å². The van der Waals surface area contributed by atoms with E-state index in [1.165, 1.54) is 12.0 Å². The van der Waals surface area contributed by atoms with Crippen molar-refractivity contribution in [2.45, 2.75) is 25.7 Å². The van der Waals surface area contributed by atoms with E-state index in [9.17, 15) is 4.79 Å². The standard InChI is InChI=1S/C18H22N4O/c23-17(22-11-5-2-6-12-22)16-13-20-18(21-14-16)19-10-9-15-7-3-1-4-8-15/h1,3-4,7-8,13-14H,2,5-6,9-12H2,(H,19,20,21). The number of carbonyl (C=O) groups is 1. The first-order valence-corrected chi connectivity index (χ1v) is 8.22. The molecule has 1 aliphatic rings. The van der Waals surface area contributed by atoms with Crippen molar-refractivity contribution >= 4 is 11.9 Å². The first-order valence-electron chi connectivity index (χ1n) is 8.22. The zero-order chi connectivity index (χ0) is 15.9. The molecule has 2 aromatic rings. The van der Waals surface area contributed by atoms with Crippen molar-refractivity contribution in [1.29, 1.82) is 0 Å². The van der Waals surface area contributed by atoms with Crippen LogP contribution in [0, 0.1) is 0 Å². The molecule has 1 aliphatic heterocycles. The Kier molecular flexibility index (Phi) is 5.19. The SMILES string of the molecule is O=C(c1cnc(NCCc2ccccc2)nc1)N1CCCCC1. The van der Waals surface area contributed by atoms with Crippen LogP contribution >= 0.6 is 0 Å². The molecule has 0 saturated carbocycles. The number of nitrogens with one attached hydrogen (secondary N) is 1. The lowest BCUT2D eigenvalue weighted by Crippen LogP contribution is -2.35. The first-order chi connectivity index (χ1) is 11.3. The van der Waals surface area contributed by atoms with Gasteiger partial charge in [0.05, 0.1) is 5.56 Å². The van der Waals surface area contributed by atoms with Gasteiger partial charge in [-0.15, -0.1) is 0 Å². The van der Waals surface area contributed by atoms with Gasteiger partial charge in [0.2, 0.25) is 5.95 Å². The second kappa shape index (κ2) is 7.72. The van der Waals surface area contributed by atoms with E-state index >= 15 is 0 Å². The first kappa shape index (κ1) is 15.5. The van der Waals surface area contributed by atoms with Gasteiger partial charge in [0, 0.05) is 32.0 Å². The highest BCUT2D eigenvalue weighted by molar-refractivity contribution is 5.93. The predicted octanol–water partition coefficient (Wildman–Crippen LogP) is 2.76. The molecule has 120 valence electrons. The van der Waals surface area contributed by atoms with Crippen molar-refractivity contribution in [2.75, 3.05) is 25.0 Å². The second-order valence-electron chi connectivity index (χ2n) is 5.81. The van der Waals surface area contributed by atoms with Gasteiger partial charge in [-0.25, -0.2) is 9.97 Å². The number of anilines is 1. The van der Waals surface area contributed by atoms with Crippen LogP contribution in [0.15, 0.2) is 42.7 Å². The van der Waals surface area contributed by atoms with Gasteiger partial charge in [-0.05, 0) is 31.2 Å². The highest BCUT2D eigenvalue weighted by Gasteiger charge is 2.18. The van der Waals surface area contributed by atoms with Crippen LogP contribution in [0.5, 0.6) is 0 Å². The molecule has 1 fully saturated rings. The number of aromatic nitrogens is 2. The molecule has 5 heteroatoms. The number of carbonyl (C=O) groups excluding carboxylic acids is 1. The smallest absolute Gasteiger partial charge is 0.256 e. The fourth-order valence-electron chi connectivity index (χ4n) is 2.77. The van der Waals surface area contributed by atoms with E-state index in [2.05, 4.69) is 27.4 Å². The monoisotopic (exact) mass is 310 g/mol. The van der Waals surface area contributed by atoms with Crippen molar-refractivity contribution in [3.8, 4) is 0 Å². The Bertz CT molecular complexity index is 621. The Morgan fingerprint density at radius 3 is 2.43 bits per heavy atom. The van der Waals surface area contributed by atoms with Crippen molar-refractivity contribution in [1.82, 2.24) is 14.9 Å². The number of nitrogens with zero attached hydrogens (tertiary/aromatic N) is 3. The minimum atomic E-state index is 0.0422. The van der Waals surface area contributed by atoms with Crippen LogP contribution in [-0.2, 0) is 6.42 Å². The summed E-state index contributed by atoms with van der Waals surface area (Å²) in [4.78, 5) is 22.7. The second-order valence-corrected chi connectivity index (χ2v) is 5.81. The molecule has 2 heterocycles. The largest absolute Gasteiger partial charge is 0.354 e. The van der Waals surface area contributed by atoms with Crippen LogP contribution in [0.25, 0.3) is 0 Å². The number of benzene rings is 1. The molecule has 0 spiro atoms. The maximum atomic E-state index is 12.3. The third-order valence-electron chi connectivity index (χ3n) is 4.08. The van der Waals surface area contributed by atoms with Gasteiger partial charge in [-0.2, -0.15) is 0 Å². The summed E-state index contributed by atoms with van der Waals surface area (Å²) >= 11 is 0. The summed E-state index contributed by atoms with van der Waals surface area (Å²) in [5.41, 5.74) is 1.84. The minimum absolute atomic E-state index is 0.0422. The molecule has 0 atom stereocenters. The number of likely N-dealkylation sites (tertiary alicyclic amines) is 1. The van der Waals surface area contributed by atoms with Crippen LogP contribution in [0.4, 0.5) is 5.95 Å². The number of hydrogen-bond acceptors (Lipinski definition) is 4. The zero-order valence-corrected chi connectivity index (χ0v) is 13.2. The van der Waals surface area contributed by atoms with Crippen LogP contribution in [0.3, 0.4) is 0 Å². The lowest BCUT2D eigenvalue weighted by Gasteiger charge is -2.26. The molecule has 0 aliphatic carbocycles. The Labute approximate surface area is 136 Å². The van der Waals surface area contributed by atoms with Crippen molar-refractivity contribution in [3.63, 3.8) is 0 Å². The fourth-order valence-corrected chi connectivity index (χ4v) is 2.77. The average molecular weight is 310 g/mol. The predicted molar refractivity (Wildman–Crippen MR) is 90.4 cm³/mol. The summed E-state index contributed by atoms with van der Waals surface area (Å²) in [6, 6.07) is 10.3. The highest BCUT2D eigenvalue weighted by Crippen LogP contribution is 2.12. The average Bonchev–Trinajstić information content (AvgIpc) is 2.63. The molecule has 1 N–H and O–H groups in total. The van der Waals surface area contributed by atoms with Crippen LogP contribution < -0.4 is 5.32 Å². The van der Waals surface area contributed by atoms with Gasteiger partial charge in [-0.3, -0.25) is 4.79 Å². The Hall–Kier alpha value is -2.43. The van der Waals surface area contributed by atoms with Gasteiger partial charge >= 0.3 is 0 Å². The molecule has 3 rings (SSSR count). The van der Waals surface area contributed by atoms with Crippen LogP contribution in [0.1, 0.15) is 35.2 Å². The van der Waals surface area contributed by atoms with Gasteiger partial charge in [-0.1, -0.05) is 30.3 Å². The summed E-state index contributed by atoms with van der Waals surface area (Å²) in [7, 11) is 0. The van der Waals surface area contributed by atoms with E-state index in [-0.39, 0.29) is 5.91 Å². The molecule has 0 radical (unpaired) electrons. The number of hydrogen-bond donors (Lipinski definition) is 1. The minimum Gasteiger partial charge on any atom is -0.354 e. The van der Waals surface area contributed by atoms with E-state index in [4.69, 9.17) is 0 Å². The summed E-state index contributed by atoms with van der Waals surface area (Å²) in [5, 5.41) is 3.19. The Balaban J connectivity index is 1.51. The maximum Gasteiger partial charge on any atom is 0.256 e. The summed E-state index contributed by atoms with van der Waals surface area (Å²) in [5.74, 6) is 0.608. The molecule has 1 amide bonds. The highest BCUT2D eigenvalue weighted by atomic mass is 16.2. The van der Waals surface area contributed by atoms with Gasteiger partial charge in [0.15, 0.2) is 0 Å². The normalized spacial score (nSPS) is 14.5. The molecule has 0 bridgehead atoms. The molecule has 1 saturated heterocycles. The quantitative estimate of drug-likeness (QED) is 0.922.